The van der Waals surface area contributed by atoms with Crippen LogP contribution in [-0.2, 0) is 35.3 Å². The predicted molar refractivity (Wildman–Crippen MR) is 278 cm³/mol. The monoisotopic (exact) mass is 1050 g/mol. The number of quaternary nitrogens is 1. The minimum absolute atomic E-state index is 0.0226. The van der Waals surface area contributed by atoms with Gasteiger partial charge in [-0.05, 0) is 68.4 Å². The molecule has 2 aromatic carbocycles. The highest BCUT2D eigenvalue weighted by Gasteiger charge is 2.56. The number of aryl methyl sites for hydroxylation is 1. The maximum Gasteiger partial charge on any atom is 0.516 e. The van der Waals surface area contributed by atoms with E-state index in [-0.39, 0.29) is 78.6 Å². The number of urea groups is 1. The topological polar surface area (TPSA) is 298 Å². The Hall–Kier alpha value is -8.28. The molecule has 8 N–H and O–H groups in total. The van der Waals surface area contributed by atoms with Crippen LogP contribution in [0.15, 0.2) is 60.9 Å². The number of carbonyl (C=O) groups is 7. The molecular formula is C52H64FN14O9+. The van der Waals surface area contributed by atoms with Crippen molar-refractivity contribution >= 4 is 80.8 Å². The molecular weight excluding hydrogens is 984 g/mol. The molecule has 0 aliphatic carbocycles. The average molecular weight is 1050 g/mol. The molecule has 6 heterocycles. The summed E-state index contributed by atoms with van der Waals surface area (Å²) in [4.78, 5) is 114. The number of nitrogens with zero attached hydrogens (tertiary/aromatic N) is 7. The Morgan fingerprint density at radius 1 is 0.947 bits per heavy atom. The number of fused-ring (bicyclic) bond motifs is 4. The van der Waals surface area contributed by atoms with Crippen molar-refractivity contribution in [2.45, 2.75) is 90.4 Å². The summed E-state index contributed by atoms with van der Waals surface area (Å²) < 4.78 is 27.1. The SMILES string of the molecule is CNc1cc(F)cc2c1[nH]c1nc(Oc3cnc(C)nc3)nc(N3CC4CC[N+](C)(C(=O)OCc5ccc(NC(=O)C(CCCNC(N)=O)NC(=O)C(NC(=O)CCCCCN6C(=O)C=CC6=O)C(C)C)cc5)C4C3)c12. The van der Waals surface area contributed by atoms with Gasteiger partial charge in [-0.1, -0.05) is 32.4 Å². The van der Waals surface area contributed by atoms with Crippen LogP contribution in [0.5, 0.6) is 11.8 Å². The fourth-order valence-corrected chi connectivity index (χ4v) is 10.0. The number of aromatic nitrogens is 5. The predicted octanol–water partition coefficient (Wildman–Crippen LogP) is 4.67. The lowest BCUT2D eigenvalue weighted by atomic mass is 10.0. The van der Waals surface area contributed by atoms with Gasteiger partial charge in [-0.15, -0.1) is 0 Å². The number of nitrogens with two attached hydrogens (primary N) is 1. The van der Waals surface area contributed by atoms with Gasteiger partial charge in [0.15, 0.2) is 5.75 Å². The van der Waals surface area contributed by atoms with Crippen molar-refractivity contribution in [3.8, 4) is 11.8 Å². The van der Waals surface area contributed by atoms with E-state index in [1.807, 2.05) is 7.05 Å². The number of ether oxygens (including phenoxy) is 2. The van der Waals surface area contributed by atoms with E-state index in [1.54, 1.807) is 52.1 Å². The van der Waals surface area contributed by atoms with Crippen LogP contribution in [0.3, 0.4) is 0 Å². The minimum atomic E-state index is -1.06. The second-order valence-corrected chi connectivity index (χ2v) is 19.9. The van der Waals surface area contributed by atoms with Crippen LogP contribution in [0.25, 0.3) is 21.9 Å². The Kier molecular flexibility index (Phi) is 16.7. The van der Waals surface area contributed by atoms with E-state index in [0.29, 0.717) is 102 Å². The summed E-state index contributed by atoms with van der Waals surface area (Å²) in [5.74, 6) is -1.42. The number of aromatic amines is 1. The first-order valence-corrected chi connectivity index (χ1v) is 25.4. The Labute approximate surface area is 437 Å². The third-order valence-corrected chi connectivity index (χ3v) is 14.2. The second kappa shape index (κ2) is 23.5. The van der Waals surface area contributed by atoms with Crippen molar-refractivity contribution in [1.82, 2.24) is 45.8 Å². The number of hydrogen-bond acceptors (Lipinski definition) is 15. The van der Waals surface area contributed by atoms with Gasteiger partial charge < -0.3 is 51.7 Å². The molecule has 8 rings (SSSR count). The summed E-state index contributed by atoms with van der Waals surface area (Å²) in [6.07, 6.45) is 7.96. The number of amides is 8. The van der Waals surface area contributed by atoms with Gasteiger partial charge in [0, 0.05) is 68.7 Å². The van der Waals surface area contributed by atoms with E-state index in [1.165, 1.54) is 36.7 Å². The number of primary amides is 1. The average Bonchev–Trinajstić information content (AvgIpc) is 4.16. The molecule has 0 bridgehead atoms. The molecule has 23 nitrogen and oxygen atoms in total. The fraction of sp³-hybridized carbons (Fsp3) is 0.442. The number of imide groups is 1. The zero-order valence-corrected chi connectivity index (χ0v) is 43.1. The van der Waals surface area contributed by atoms with Gasteiger partial charge in [0.25, 0.3) is 11.8 Å². The first-order chi connectivity index (χ1) is 36.4. The smallest absolute Gasteiger partial charge is 0.421 e. The molecule has 0 radical (unpaired) electrons. The highest BCUT2D eigenvalue weighted by Crippen LogP contribution is 2.43. The number of benzene rings is 2. The zero-order valence-electron chi connectivity index (χ0n) is 43.1. The highest BCUT2D eigenvalue weighted by atomic mass is 19.1. The van der Waals surface area contributed by atoms with E-state index in [2.05, 4.69) is 51.4 Å². The number of anilines is 3. The summed E-state index contributed by atoms with van der Waals surface area (Å²) in [6.45, 7) is 7.23. The van der Waals surface area contributed by atoms with Crippen LogP contribution in [0.1, 0.15) is 70.2 Å². The lowest BCUT2D eigenvalue weighted by molar-refractivity contribution is -0.849. The fourth-order valence-electron chi connectivity index (χ4n) is 10.0. The van der Waals surface area contributed by atoms with Crippen LogP contribution in [-0.4, -0.2) is 141 Å². The molecule has 2 fully saturated rings. The quantitative estimate of drug-likeness (QED) is 0.0282. The summed E-state index contributed by atoms with van der Waals surface area (Å²) in [5, 5.41) is 15.1. The van der Waals surface area contributed by atoms with Crippen LogP contribution in [0.2, 0.25) is 0 Å². The first-order valence-electron chi connectivity index (χ1n) is 25.4. The molecule has 76 heavy (non-hydrogen) atoms. The summed E-state index contributed by atoms with van der Waals surface area (Å²) in [7, 11) is 3.59. The number of halogens is 1. The van der Waals surface area contributed by atoms with Gasteiger partial charge in [-0.2, -0.15) is 14.8 Å². The van der Waals surface area contributed by atoms with Crippen LogP contribution >= 0.6 is 0 Å². The normalized spacial score (nSPS) is 18.7. The Morgan fingerprint density at radius 2 is 1.68 bits per heavy atom. The van der Waals surface area contributed by atoms with E-state index in [4.69, 9.17) is 20.2 Å². The van der Waals surface area contributed by atoms with Crippen molar-refractivity contribution in [1.29, 1.82) is 0 Å². The van der Waals surface area contributed by atoms with Gasteiger partial charge >= 0.3 is 18.1 Å². The Balaban J connectivity index is 0.879. The van der Waals surface area contributed by atoms with E-state index >= 15 is 4.39 Å². The lowest BCUT2D eigenvalue weighted by Gasteiger charge is -2.32. The maximum atomic E-state index is 15.1. The number of carbonyl (C=O) groups excluding carboxylic acids is 7. The Bertz CT molecular complexity index is 3020. The Morgan fingerprint density at radius 3 is 2.38 bits per heavy atom. The number of H-pyrrole nitrogens is 1. The van der Waals surface area contributed by atoms with Crippen LogP contribution in [0, 0.1) is 24.6 Å². The minimum Gasteiger partial charge on any atom is -0.421 e. The number of likely N-dealkylation sites (tertiary alicyclic amines) is 1. The molecule has 0 saturated carbocycles. The van der Waals surface area contributed by atoms with Gasteiger partial charge in [0.2, 0.25) is 17.7 Å². The third-order valence-electron chi connectivity index (χ3n) is 14.2. The van der Waals surface area contributed by atoms with Gasteiger partial charge in [0.05, 0.1) is 49.1 Å². The molecule has 3 aliphatic rings. The molecule has 402 valence electrons. The number of nitrogens with one attached hydrogen (secondary N) is 6. The van der Waals surface area contributed by atoms with Gasteiger partial charge in [-0.25, -0.2) is 23.6 Å². The highest BCUT2D eigenvalue weighted by molar-refractivity contribution is 6.15. The van der Waals surface area contributed by atoms with Gasteiger partial charge in [-0.3, -0.25) is 28.9 Å². The molecule has 24 heteroatoms. The lowest BCUT2D eigenvalue weighted by Crippen LogP contribution is -2.55. The number of rotatable bonds is 22. The maximum absolute atomic E-state index is 15.1. The van der Waals surface area contributed by atoms with Crippen LogP contribution < -0.4 is 42.0 Å². The van der Waals surface area contributed by atoms with Crippen LogP contribution in [0.4, 0.5) is 31.2 Å². The van der Waals surface area contributed by atoms with E-state index in [9.17, 15) is 33.6 Å². The molecule has 8 amide bonds. The standard InChI is InChI=1S/C52H63FN14O9/c1-29(2)44(61-40(68)11-7-6-8-20-66-41(69)16-17-42(66)70)49(72)60-37(10-9-19-56-50(54)73)48(71)59-34-14-12-31(13-15-34)28-75-52(74)67(5)21-18-32-26-65(27-39(32)67)47-43-36-22-33(53)23-38(55-4)45(36)62-46(43)63-51(64-47)76-35-24-57-30(3)58-25-35/h12-17,22-25,29,32,37,39,44H,6-11,18-21,26-28H2,1-5H3,(H7-,54,55,56,59,60,61,62,63,64,68,69,70,71,72,73)/p+1. The summed E-state index contributed by atoms with van der Waals surface area (Å²) in [6, 6.07) is 6.72. The second-order valence-electron chi connectivity index (χ2n) is 19.9. The number of unbranched alkanes of at least 4 members (excludes halogenated alkanes) is 2. The van der Waals surface area contributed by atoms with Crippen molar-refractivity contribution in [2.24, 2.45) is 17.6 Å². The van der Waals surface area contributed by atoms with Crippen molar-refractivity contribution in [3.63, 3.8) is 0 Å². The molecule has 5 aromatic rings. The van der Waals surface area contributed by atoms with Gasteiger partial charge in [0.1, 0.15) is 47.8 Å². The van der Waals surface area contributed by atoms with Crippen molar-refractivity contribution in [2.75, 3.05) is 62.4 Å². The molecule has 3 aliphatic heterocycles. The van der Waals surface area contributed by atoms with E-state index in [0.717, 1.165) is 11.3 Å². The van der Waals surface area contributed by atoms with E-state index < -0.39 is 41.8 Å². The molecule has 5 unspecified atom stereocenters. The van der Waals surface area contributed by atoms with Crippen molar-refractivity contribution < 1.29 is 51.9 Å². The van der Waals surface area contributed by atoms with Crippen molar-refractivity contribution in [3.05, 3.63) is 78.1 Å². The third kappa shape index (κ3) is 12.4. The largest absolute Gasteiger partial charge is 0.516 e. The molecule has 0 spiro atoms. The number of hydrogen-bond donors (Lipinski definition) is 7. The molecule has 5 atom stereocenters. The summed E-state index contributed by atoms with van der Waals surface area (Å²) in [5.41, 5.74) is 7.95. The summed E-state index contributed by atoms with van der Waals surface area (Å²) >= 11 is 0. The first kappa shape index (κ1) is 54.0. The molecule has 3 aromatic heterocycles. The number of likely N-dealkylation sites (N-methyl/N-ethyl adjacent to an activating group) is 1. The molecule has 2 saturated heterocycles. The zero-order chi connectivity index (χ0) is 54.3.